The van der Waals surface area contributed by atoms with E-state index >= 15 is 0 Å². The van der Waals surface area contributed by atoms with E-state index in [2.05, 4.69) is 10.1 Å². The van der Waals surface area contributed by atoms with E-state index < -0.39 is 9.84 Å². The number of sulfone groups is 1. The molecular weight excluding hydrogens is 308 g/mol. The van der Waals surface area contributed by atoms with E-state index in [1.54, 1.807) is 24.3 Å². The topological polar surface area (TPSA) is 95.4 Å². The average Bonchev–Trinajstić information content (AvgIpc) is 3.15. The smallest absolute Gasteiger partial charge is 0.293 e. The number of furan rings is 1. The fourth-order valence-corrected chi connectivity index (χ4v) is 2.37. The Hall–Kier alpha value is -2.61. The summed E-state index contributed by atoms with van der Waals surface area (Å²) >= 11 is 0. The van der Waals surface area contributed by atoms with Gasteiger partial charge in [0.15, 0.2) is 22.2 Å². The van der Waals surface area contributed by atoms with Crippen molar-refractivity contribution in [2.45, 2.75) is 11.5 Å². The molecule has 0 saturated carbocycles. The second-order valence-corrected chi connectivity index (χ2v) is 6.54. The largest absolute Gasteiger partial charge is 0.485 e. The lowest BCUT2D eigenvalue weighted by Crippen LogP contribution is -1.99. The van der Waals surface area contributed by atoms with Crippen LogP contribution < -0.4 is 4.74 Å². The highest BCUT2D eigenvalue weighted by atomic mass is 32.2. The third kappa shape index (κ3) is 3.17. The van der Waals surface area contributed by atoms with Crippen LogP contribution in [0.3, 0.4) is 0 Å². The Morgan fingerprint density at radius 2 is 1.95 bits per heavy atom. The molecule has 2 aromatic heterocycles. The number of nitrogens with zero attached hydrogens (tertiary/aromatic N) is 2. The van der Waals surface area contributed by atoms with Gasteiger partial charge in [0.25, 0.3) is 5.89 Å². The van der Waals surface area contributed by atoms with E-state index in [1.807, 2.05) is 0 Å². The van der Waals surface area contributed by atoms with E-state index in [0.29, 0.717) is 17.3 Å². The summed E-state index contributed by atoms with van der Waals surface area (Å²) in [6.07, 6.45) is 2.66. The van der Waals surface area contributed by atoms with Crippen molar-refractivity contribution in [1.82, 2.24) is 10.1 Å². The lowest BCUT2D eigenvalue weighted by molar-refractivity contribution is 0.286. The van der Waals surface area contributed by atoms with Gasteiger partial charge in [-0.2, -0.15) is 4.98 Å². The number of hydrogen-bond donors (Lipinski definition) is 0. The first-order chi connectivity index (χ1) is 10.5. The molecule has 22 heavy (non-hydrogen) atoms. The Morgan fingerprint density at radius 3 is 2.59 bits per heavy atom. The van der Waals surface area contributed by atoms with Gasteiger partial charge in [0.2, 0.25) is 5.82 Å². The Balaban J connectivity index is 1.65. The van der Waals surface area contributed by atoms with E-state index in [1.165, 1.54) is 18.4 Å². The van der Waals surface area contributed by atoms with Crippen LogP contribution in [0, 0.1) is 0 Å². The predicted molar refractivity (Wildman–Crippen MR) is 75.9 cm³/mol. The molecular formula is C14H12N2O5S. The van der Waals surface area contributed by atoms with Gasteiger partial charge in [-0.15, -0.1) is 0 Å². The molecule has 0 bridgehead atoms. The number of rotatable bonds is 5. The molecule has 3 aromatic rings. The molecule has 0 saturated heterocycles. The fraction of sp³-hybridized carbons (Fsp3) is 0.143. The zero-order chi connectivity index (χ0) is 15.6. The Bertz CT molecular complexity index is 851. The highest BCUT2D eigenvalue weighted by molar-refractivity contribution is 7.90. The van der Waals surface area contributed by atoms with Gasteiger partial charge in [0.1, 0.15) is 5.75 Å². The normalized spacial score (nSPS) is 11.5. The molecule has 3 rings (SSSR count). The van der Waals surface area contributed by atoms with Gasteiger partial charge in [-0.3, -0.25) is 0 Å². The molecule has 0 amide bonds. The maximum atomic E-state index is 11.4. The molecule has 0 unspecified atom stereocenters. The van der Waals surface area contributed by atoms with Gasteiger partial charge >= 0.3 is 0 Å². The maximum absolute atomic E-state index is 11.4. The van der Waals surface area contributed by atoms with Crippen LogP contribution in [0.4, 0.5) is 0 Å². The van der Waals surface area contributed by atoms with Gasteiger partial charge < -0.3 is 13.7 Å². The lowest BCUT2D eigenvalue weighted by atomic mass is 10.3. The fourth-order valence-electron chi connectivity index (χ4n) is 1.74. The van der Waals surface area contributed by atoms with Gasteiger partial charge in [0.05, 0.1) is 11.2 Å². The summed E-state index contributed by atoms with van der Waals surface area (Å²) in [4.78, 5) is 4.37. The van der Waals surface area contributed by atoms with Crippen LogP contribution in [-0.4, -0.2) is 24.8 Å². The minimum atomic E-state index is -3.21. The first kappa shape index (κ1) is 14.3. The molecule has 2 heterocycles. The molecule has 8 heteroatoms. The number of aromatic nitrogens is 2. The number of ether oxygens (including phenoxy) is 1. The summed E-state index contributed by atoms with van der Waals surface area (Å²) in [6.45, 7) is 0.0996. The molecule has 0 fully saturated rings. The third-order valence-electron chi connectivity index (χ3n) is 2.82. The molecule has 0 aliphatic heterocycles. The van der Waals surface area contributed by atoms with Crippen LogP contribution in [0.15, 0.2) is 56.5 Å². The van der Waals surface area contributed by atoms with Crippen LogP contribution in [0.2, 0.25) is 0 Å². The van der Waals surface area contributed by atoms with E-state index in [-0.39, 0.29) is 17.4 Å². The second-order valence-electron chi connectivity index (χ2n) is 4.53. The Kier molecular flexibility index (Phi) is 3.68. The van der Waals surface area contributed by atoms with Crippen molar-refractivity contribution in [3.63, 3.8) is 0 Å². The van der Waals surface area contributed by atoms with E-state index in [0.717, 1.165) is 6.26 Å². The summed E-state index contributed by atoms with van der Waals surface area (Å²) in [5.41, 5.74) is 0. The maximum Gasteiger partial charge on any atom is 0.293 e. The standard InChI is InChI=1S/C14H12N2O5S/c1-22(17,18)11-6-4-10(5-7-11)20-9-13-15-14(21-16-13)12-3-2-8-19-12/h2-8H,9H2,1H3. The molecule has 114 valence electrons. The number of benzene rings is 1. The summed E-state index contributed by atoms with van der Waals surface area (Å²) < 4.78 is 38.4. The summed E-state index contributed by atoms with van der Waals surface area (Å²) in [5.74, 6) is 1.63. The van der Waals surface area contributed by atoms with Crippen LogP contribution in [0.5, 0.6) is 5.75 Å². The minimum Gasteiger partial charge on any atom is -0.485 e. The first-order valence-electron chi connectivity index (χ1n) is 6.32. The Labute approximate surface area is 126 Å². The van der Waals surface area contributed by atoms with Gasteiger partial charge in [-0.25, -0.2) is 8.42 Å². The van der Waals surface area contributed by atoms with Crippen molar-refractivity contribution in [3.05, 3.63) is 48.5 Å². The zero-order valence-corrected chi connectivity index (χ0v) is 12.4. The summed E-state index contributed by atoms with van der Waals surface area (Å²) in [7, 11) is -3.21. The molecule has 0 spiro atoms. The molecule has 0 aliphatic carbocycles. The monoisotopic (exact) mass is 320 g/mol. The highest BCUT2D eigenvalue weighted by Gasteiger charge is 2.12. The summed E-state index contributed by atoms with van der Waals surface area (Å²) in [5, 5.41) is 3.78. The summed E-state index contributed by atoms with van der Waals surface area (Å²) in [6, 6.07) is 9.54. The van der Waals surface area contributed by atoms with Crippen LogP contribution in [0.1, 0.15) is 5.82 Å². The average molecular weight is 320 g/mol. The van der Waals surface area contributed by atoms with E-state index in [9.17, 15) is 8.42 Å². The van der Waals surface area contributed by atoms with Gasteiger partial charge in [-0.1, -0.05) is 5.16 Å². The van der Waals surface area contributed by atoms with Crippen molar-refractivity contribution >= 4 is 9.84 Å². The zero-order valence-electron chi connectivity index (χ0n) is 11.6. The lowest BCUT2D eigenvalue weighted by Gasteiger charge is -2.04. The quantitative estimate of drug-likeness (QED) is 0.711. The molecule has 0 N–H and O–H groups in total. The predicted octanol–water partition coefficient (Wildman–Crippen LogP) is 2.31. The van der Waals surface area contributed by atoms with Crippen LogP contribution in [-0.2, 0) is 16.4 Å². The van der Waals surface area contributed by atoms with Gasteiger partial charge in [-0.05, 0) is 36.4 Å². The highest BCUT2D eigenvalue weighted by Crippen LogP contribution is 2.19. The van der Waals surface area contributed by atoms with Crippen molar-refractivity contribution in [3.8, 4) is 17.4 Å². The van der Waals surface area contributed by atoms with E-state index in [4.69, 9.17) is 13.7 Å². The van der Waals surface area contributed by atoms with Crippen LogP contribution in [0.25, 0.3) is 11.7 Å². The van der Waals surface area contributed by atoms with Gasteiger partial charge in [0, 0.05) is 6.26 Å². The minimum absolute atomic E-state index is 0.0996. The van der Waals surface area contributed by atoms with Crippen molar-refractivity contribution in [2.75, 3.05) is 6.26 Å². The first-order valence-corrected chi connectivity index (χ1v) is 8.21. The molecule has 7 nitrogen and oxygen atoms in total. The SMILES string of the molecule is CS(=O)(=O)c1ccc(OCc2noc(-c3ccco3)n2)cc1. The number of hydrogen-bond acceptors (Lipinski definition) is 7. The van der Waals surface area contributed by atoms with Crippen LogP contribution >= 0.6 is 0 Å². The molecule has 0 atom stereocenters. The van der Waals surface area contributed by atoms with Crippen molar-refractivity contribution in [2.24, 2.45) is 0 Å². The van der Waals surface area contributed by atoms with Crippen molar-refractivity contribution < 1.29 is 22.1 Å². The molecule has 0 radical (unpaired) electrons. The third-order valence-corrected chi connectivity index (χ3v) is 3.95. The molecule has 1 aromatic carbocycles. The van der Waals surface area contributed by atoms with Crippen molar-refractivity contribution in [1.29, 1.82) is 0 Å². The second kappa shape index (κ2) is 5.64. The molecule has 0 aliphatic rings. The Morgan fingerprint density at radius 1 is 1.18 bits per heavy atom.